The van der Waals surface area contributed by atoms with Gasteiger partial charge in [-0.1, -0.05) is 30.3 Å². The summed E-state index contributed by atoms with van der Waals surface area (Å²) in [6.07, 6.45) is 3.76. The Labute approximate surface area is 104 Å². The number of hydrogen-bond donors (Lipinski definition) is 0. The van der Waals surface area contributed by atoms with Gasteiger partial charge in [0.1, 0.15) is 5.78 Å². The summed E-state index contributed by atoms with van der Waals surface area (Å²) < 4.78 is 0. The first kappa shape index (κ1) is 12.3. The number of carbonyl (C=O) groups excluding carboxylic acids is 1. The van der Waals surface area contributed by atoms with Gasteiger partial charge in [-0.15, -0.1) is 0 Å². The highest BCUT2D eigenvalue weighted by atomic mass is 16.1. The first-order valence-electron chi connectivity index (χ1n) is 6.39. The summed E-state index contributed by atoms with van der Waals surface area (Å²) in [5, 5.41) is 0. The summed E-state index contributed by atoms with van der Waals surface area (Å²) in [6, 6.07) is 10.3. The minimum absolute atomic E-state index is 0.203. The van der Waals surface area contributed by atoms with E-state index in [1.165, 1.54) is 5.56 Å². The number of ketones is 1. The fourth-order valence-corrected chi connectivity index (χ4v) is 2.82. The van der Waals surface area contributed by atoms with E-state index < -0.39 is 0 Å². The lowest BCUT2D eigenvalue weighted by Crippen LogP contribution is -2.34. The molecule has 0 heterocycles. The van der Waals surface area contributed by atoms with Crippen molar-refractivity contribution in [3.05, 3.63) is 35.9 Å². The van der Waals surface area contributed by atoms with E-state index in [0.29, 0.717) is 5.78 Å². The second-order valence-corrected chi connectivity index (χ2v) is 5.28. The second-order valence-electron chi connectivity index (χ2n) is 5.28. The third-order valence-corrected chi connectivity index (χ3v) is 3.85. The standard InChI is InChI=1S/C15H21NO/c1-16(2)12-11-15(10-6-9-14(15)17)13-7-4-3-5-8-13/h3-5,7-8H,6,9-12H2,1-2H3. The van der Waals surface area contributed by atoms with Crippen LogP contribution in [-0.2, 0) is 10.2 Å². The topological polar surface area (TPSA) is 20.3 Å². The monoisotopic (exact) mass is 231 g/mol. The quantitative estimate of drug-likeness (QED) is 0.794. The minimum Gasteiger partial charge on any atom is -0.309 e. The number of carbonyl (C=O) groups is 1. The van der Waals surface area contributed by atoms with E-state index in [0.717, 1.165) is 32.2 Å². The average molecular weight is 231 g/mol. The molecule has 0 saturated heterocycles. The van der Waals surface area contributed by atoms with E-state index in [4.69, 9.17) is 0 Å². The lowest BCUT2D eigenvalue weighted by Gasteiger charge is -2.29. The molecule has 92 valence electrons. The van der Waals surface area contributed by atoms with Gasteiger partial charge in [-0.25, -0.2) is 0 Å². The van der Waals surface area contributed by atoms with Gasteiger partial charge < -0.3 is 4.90 Å². The molecular formula is C15H21NO. The maximum absolute atomic E-state index is 12.3. The van der Waals surface area contributed by atoms with Gasteiger partial charge in [0.2, 0.25) is 0 Å². The molecule has 1 atom stereocenters. The highest BCUT2D eigenvalue weighted by molar-refractivity contribution is 5.92. The van der Waals surface area contributed by atoms with Gasteiger partial charge in [0, 0.05) is 6.42 Å². The van der Waals surface area contributed by atoms with Gasteiger partial charge in [0.15, 0.2) is 0 Å². The van der Waals surface area contributed by atoms with Crippen LogP contribution >= 0.6 is 0 Å². The van der Waals surface area contributed by atoms with Crippen molar-refractivity contribution in [2.75, 3.05) is 20.6 Å². The molecule has 1 aliphatic carbocycles. The fraction of sp³-hybridized carbons (Fsp3) is 0.533. The van der Waals surface area contributed by atoms with Gasteiger partial charge in [-0.3, -0.25) is 4.79 Å². The molecule has 0 aromatic heterocycles. The molecule has 1 aromatic rings. The van der Waals surface area contributed by atoms with Crippen molar-refractivity contribution in [2.24, 2.45) is 0 Å². The zero-order valence-electron chi connectivity index (χ0n) is 10.8. The molecule has 0 aliphatic heterocycles. The van der Waals surface area contributed by atoms with Crippen LogP contribution in [0.1, 0.15) is 31.2 Å². The van der Waals surface area contributed by atoms with Crippen LogP contribution in [0.25, 0.3) is 0 Å². The van der Waals surface area contributed by atoms with Crippen molar-refractivity contribution in [1.29, 1.82) is 0 Å². The van der Waals surface area contributed by atoms with Crippen molar-refractivity contribution in [2.45, 2.75) is 31.1 Å². The third kappa shape index (κ3) is 2.42. The van der Waals surface area contributed by atoms with Crippen LogP contribution in [0.15, 0.2) is 30.3 Å². The summed E-state index contributed by atoms with van der Waals surface area (Å²) in [5.41, 5.74) is 1.01. The van der Waals surface area contributed by atoms with Crippen LogP contribution in [0, 0.1) is 0 Å². The molecule has 1 fully saturated rings. The summed E-state index contributed by atoms with van der Waals surface area (Å²) >= 11 is 0. The molecule has 2 heteroatoms. The largest absolute Gasteiger partial charge is 0.309 e. The molecule has 17 heavy (non-hydrogen) atoms. The molecule has 1 unspecified atom stereocenters. The number of Topliss-reactive ketones (excluding diaryl/α,β-unsaturated/α-hetero) is 1. The molecule has 1 aliphatic rings. The van der Waals surface area contributed by atoms with Gasteiger partial charge in [0.05, 0.1) is 5.41 Å². The van der Waals surface area contributed by atoms with Crippen LogP contribution in [0.5, 0.6) is 0 Å². The predicted octanol–water partition coefficient (Wildman–Crippen LogP) is 2.63. The van der Waals surface area contributed by atoms with Gasteiger partial charge in [-0.05, 0) is 45.5 Å². The molecule has 0 N–H and O–H groups in total. The Balaban J connectivity index is 2.28. The zero-order valence-corrected chi connectivity index (χ0v) is 10.8. The predicted molar refractivity (Wildman–Crippen MR) is 70.1 cm³/mol. The Hall–Kier alpha value is -1.15. The number of hydrogen-bond acceptors (Lipinski definition) is 2. The van der Waals surface area contributed by atoms with E-state index in [1.807, 2.05) is 18.2 Å². The number of benzene rings is 1. The van der Waals surface area contributed by atoms with Crippen molar-refractivity contribution in [3.8, 4) is 0 Å². The molecule has 0 bridgehead atoms. The summed E-state index contributed by atoms with van der Waals surface area (Å²) in [7, 11) is 4.14. The van der Waals surface area contributed by atoms with E-state index in [9.17, 15) is 4.79 Å². The van der Waals surface area contributed by atoms with Crippen LogP contribution < -0.4 is 0 Å². The molecule has 2 rings (SSSR count). The average Bonchev–Trinajstić information content (AvgIpc) is 2.70. The molecule has 1 aromatic carbocycles. The molecule has 2 nitrogen and oxygen atoms in total. The number of nitrogens with zero attached hydrogens (tertiary/aromatic N) is 1. The Morgan fingerprint density at radius 1 is 1.24 bits per heavy atom. The van der Waals surface area contributed by atoms with E-state index in [2.05, 4.69) is 31.1 Å². The summed E-state index contributed by atoms with van der Waals surface area (Å²) in [4.78, 5) is 14.5. The molecule has 0 amide bonds. The maximum Gasteiger partial charge on any atom is 0.143 e. The first-order chi connectivity index (χ1) is 8.15. The van der Waals surface area contributed by atoms with E-state index in [-0.39, 0.29) is 5.41 Å². The Bertz CT molecular complexity index is 385. The molecule has 0 radical (unpaired) electrons. The second kappa shape index (κ2) is 5.01. The van der Waals surface area contributed by atoms with Gasteiger partial charge in [0.25, 0.3) is 0 Å². The van der Waals surface area contributed by atoms with E-state index in [1.54, 1.807) is 0 Å². The van der Waals surface area contributed by atoms with Crippen LogP contribution in [0.4, 0.5) is 0 Å². The highest BCUT2D eigenvalue weighted by Gasteiger charge is 2.42. The Morgan fingerprint density at radius 3 is 2.47 bits per heavy atom. The molecule has 0 spiro atoms. The maximum atomic E-state index is 12.3. The summed E-state index contributed by atoms with van der Waals surface area (Å²) in [6.45, 7) is 0.973. The molecular weight excluding hydrogens is 210 g/mol. The van der Waals surface area contributed by atoms with Crippen molar-refractivity contribution in [3.63, 3.8) is 0 Å². The highest BCUT2D eigenvalue weighted by Crippen LogP contribution is 2.41. The minimum atomic E-state index is -0.203. The lowest BCUT2D eigenvalue weighted by molar-refractivity contribution is -0.122. The zero-order chi connectivity index (χ0) is 12.3. The normalized spacial score (nSPS) is 24.5. The van der Waals surface area contributed by atoms with Crippen molar-refractivity contribution < 1.29 is 4.79 Å². The first-order valence-corrected chi connectivity index (χ1v) is 6.39. The van der Waals surface area contributed by atoms with Gasteiger partial charge in [-0.2, -0.15) is 0 Å². The smallest absolute Gasteiger partial charge is 0.143 e. The van der Waals surface area contributed by atoms with Crippen molar-refractivity contribution >= 4 is 5.78 Å². The van der Waals surface area contributed by atoms with Crippen molar-refractivity contribution in [1.82, 2.24) is 4.90 Å². The summed E-state index contributed by atoms with van der Waals surface area (Å²) in [5.74, 6) is 0.436. The van der Waals surface area contributed by atoms with Crippen LogP contribution in [0.3, 0.4) is 0 Å². The SMILES string of the molecule is CN(C)CCC1(c2ccccc2)CCCC1=O. The molecule has 1 saturated carbocycles. The van der Waals surface area contributed by atoms with E-state index >= 15 is 0 Å². The lowest BCUT2D eigenvalue weighted by atomic mass is 9.75. The number of rotatable bonds is 4. The van der Waals surface area contributed by atoms with Crippen LogP contribution in [-0.4, -0.2) is 31.3 Å². The Morgan fingerprint density at radius 2 is 1.94 bits per heavy atom. The third-order valence-electron chi connectivity index (χ3n) is 3.85. The van der Waals surface area contributed by atoms with Crippen LogP contribution in [0.2, 0.25) is 0 Å². The Kier molecular flexibility index (Phi) is 3.63. The fourth-order valence-electron chi connectivity index (χ4n) is 2.82. The van der Waals surface area contributed by atoms with Gasteiger partial charge >= 0.3 is 0 Å².